The molecule has 0 spiro atoms. The predicted octanol–water partition coefficient (Wildman–Crippen LogP) is 6.16. The van der Waals surface area contributed by atoms with Gasteiger partial charge in [0.2, 0.25) is 0 Å². The van der Waals surface area contributed by atoms with Gasteiger partial charge in [0.1, 0.15) is 5.75 Å². The van der Waals surface area contributed by atoms with Gasteiger partial charge < -0.3 is 14.6 Å². The van der Waals surface area contributed by atoms with Crippen LogP contribution in [0.5, 0.6) is 5.75 Å². The highest BCUT2D eigenvalue weighted by atomic mass is 16.8. The van der Waals surface area contributed by atoms with Crippen molar-refractivity contribution in [1.29, 1.82) is 0 Å². The Bertz CT molecular complexity index is 1510. The third-order valence-electron chi connectivity index (χ3n) is 9.29. The molecule has 1 aliphatic heterocycles. The van der Waals surface area contributed by atoms with Gasteiger partial charge in [-0.3, -0.25) is 4.79 Å². The van der Waals surface area contributed by atoms with Crippen molar-refractivity contribution in [2.75, 3.05) is 13.2 Å². The summed E-state index contributed by atoms with van der Waals surface area (Å²) in [5, 5.41) is 11.2. The van der Waals surface area contributed by atoms with Gasteiger partial charge >= 0.3 is 5.97 Å². The summed E-state index contributed by atoms with van der Waals surface area (Å²) in [6.07, 6.45) is 9.38. The van der Waals surface area contributed by atoms with E-state index in [1.807, 2.05) is 30.3 Å². The minimum Gasteiger partial charge on any atom is -0.483 e. The Morgan fingerprint density at radius 1 is 0.975 bits per heavy atom. The molecule has 1 amide bonds. The molecule has 40 heavy (non-hydrogen) atoms. The number of amides is 1. The molecule has 6 aliphatic rings. The van der Waals surface area contributed by atoms with Crippen LogP contribution < -0.4 is 10.2 Å². The Balaban J connectivity index is 1.16. The number of rotatable bonds is 8. The molecule has 3 atom stereocenters. The summed E-state index contributed by atoms with van der Waals surface area (Å²) < 4.78 is 11.7. The number of carbonyl (C=O) groups excluding carboxylic acids is 1. The lowest BCUT2D eigenvalue weighted by molar-refractivity contribution is -0.201. The number of fused-ring (bicyclic) bond motifs is 2. The largest absolute Gasteiger partial charge is 0.483 e. The van der Waals surface area contributed by atoms with Crippen molar-refractivity contribution in [3.63, 3.8) is 0 Å². The van der Waals surface area contributed by atoms with Crippen LogP contribution in [0.4, 0.5) is 0 Å². The Hall–Kier alpha value is -3.68. The van der Waals surface area contributed by atoms with Gasteiger partial charge in [-0.15, -0.1) is 0 Å². The average molecular weight is 540 g/mol. The molecule has 3 aromatic carbocycles. The number of nitrogens with one attached hydrogen (secondary N) is 1. The monoisotopic (exact) mass is 539 g/mol. The summed E-state index contributed by atoms with van der Waals surface area (Å²) in [5.74, 6) is 0.816. The maximum Gasteiger partial charge on any atom is 0.335 e. The second kappa shape index (κ2) is 10.1. The summed E-state index contributed by atoms with van der Waals surface area (Å²) in [5.41, 5.74) is 7.75. The minimum atomic E-state index is -0.928. The molecule has 3 saturated carbocycles. The van der Waals surface area contributed by atoms with Crippen molar-refractivity contribution in [1.82, 2.24) is 5.48 Å². The van der Waals surface area contributed by atoms with Crippen molar-refractivity contribution in [3.8, 4) is 16.9 Å². The molecule has 0 aromatic heterocycles. The van der Waals surface area contributed by atoms with E-state index in [1.165, 1.54) is 12.0 Å². The van der Waals surface area contributed by atoms with Crippen molar-refractivity contribution < 1.29 is 29.0 Å². The fraction of sp³-hybridized carbons (Fsp3) is 0.394. The van der Waals surface area contributed by atoms with Crippen LogP contribution in [-0.4, -0.2) is 36.5 Å². The van der Waals surface area contributed by atoms with E-state index in [0.717, 1.165) is 66.2 Å². The molecule has 3 aromatic rings. The number of carboxylic acids is 1. The lowest BCUT2D eigenvalue weighted by atomic mass is 9.46. The molecular formula is C33H33NO6. The number of hydrogen-bond donors (Lipinski definition) is 2. The van der Waals surface area contributed by atoms with E-state index in [1.54, 1.807) is 17.7 Å². The van der Waals surface area contributed by atoms with Crippen LogP contribution in [-0.2, 0) is 19.8 Å². The number of hydroxylamine groups is 1. The molecule has 4 fully saturated rings. The summed E-state index contributed by atoms with van der Waals surface area (Å²) in [6, 6.07) is 17.6. The lowest BCUT2D eigenvalue weighted by Gasteiger charge is -2.58. The lowest BCUT2D eigenvalue weighted by Crippen LogP contribution is -2.49. The molecule has 9 rings (SSSR count). The summed E-state index contributed by atoms with van der Waals surface area (Å²) in [6.45, 7) is 0.512. The standard InChI is InChI=1S/C33H33NO6/c35-30(34-40-31-3-1-2-12-38-31)19-39-29-9-8-23(16-28(29)33-11-10-27-25(17-33)15-26(27)18-33)21-4-5-22-14-24(32(36)37)7-6-20(22)13-21/h4-10,13-14,16,25-26,31H,1-3,11-12,15,17-19H2,(H,34,35)(H,36,37). The van der Waals surface area contributed by atoms with Crippen LogP contribution in [0.1, 0.15) is 60.9 Å². The van der Waals surface area contributed by atoms with Gasteiger partial charge in [0, 0.05) is 24.0 Å². The van der Waals surface area contributed by atoms with Gasteiger partial charge in [-0.05, 0) is 103 Å². The first-order valence-electron chi connectivity index (χ1n) is 14.3. The Kier molecular flexibility index (Phi) is 6.36. The van der Waals surface area contributed by atoms with Crippen LogP contribution in [0.25, 0.3) is 21.9 Å². The molecule has 206 valence electrons. The van der Waals surface area contributed by atoms with E-state index < -0.39 is 12.3 Å². The van der Waals surface area contributed by atoms with Crippen LogP contribution in [0, 0.1) is 11.8 Å². The van der Waals surface area contributed by atoms with E-state index in [0.29, 0.717) is 18.4 Å². The zero-order valence-corrected chi connectivity index (χ0v) is 22.4. The maximum absolute atomic E-state index is 12.6. The highest BCUT2D eigenvalue weighted by Crippen LogP contribution is 2.64. The fourth-order valence-corrected chi connectivity index (χ4v) is 7.28. The van der Waals surface area contributed by atoms with E-state index in [-0.39, 0.29) is 23.5 Å². The zero-order chi connectivity index (χ0) is 27.3. The van der Waals surface area contributed by atoms with E-state index in [9.17, 15) is 14.7 Å². The predicted molar refractivity (Wildman–Crippen MR) is 150 cm³/mol. The molecule has 3 unspecified atom stereocenters. The number of hydrogen-bond acceptors (Lipinski definition) is 5. The van der Waals surface area contributed by atoms with Crippen LogP contribution in [0.3, 0.4) is 0 Å². The highest BCUT2D eigenvalue weighted by molar-refractivity contribution is 5.95. The Labute approximate surface area is 233 Å². The SMILES string of the molecule is O=C(COc1ccc(-c2ccc3cc(C(=O)O)ccc3c2)cc1C12CC=C3C(CC3C1)C2)NOC1CCCCO1. The van der Waals surface area contributed by atoms with Crippen LogP contribution in [0.15, 0.2) is 66.2 Å². The topological polar surface area (TPSA) is 94.1 Å². The van der Waals surface area contributed by atoms with Crippen molar-refractivity contribution in [3.05, 3.63) is 77.4 Å². The molecular weight excluding hydrogens is 506 g/mol. The quantitative estimate of drug-likeness (QED) is 0.263. The van der Waals surface area contributed by atoms with E-state index in [4.69, 9.17) is 14.3 Å². The number of ether oxygens (including phenoxy) is 2. The first kappa shape index (κ1) is 25.3. The fourth-order valence-electron chi connectivity index (χ4n) is 7.28. The van der Waals surface area contributed by atoms with Gasteiger partial charge in [0.15, 0.2) is 12.9 Å². The summed E-state index contributed by atoms with van der Waals surface area (Å²) in [7, 11) is 0. The van der Waals surface area contributed by atoms with Gasteiger partial charge in [-0.25, -0.2) is 15.1 Å². The Morgan fingerprint density at radius 3 is 2.52 bits per heavy atom. The molecule has 4 bridgehead atoms. The second-order valence-electron chi connectivity index (χ2n) is 11.7. The van der Waals surface area contributed by atoms with E-state index >= 15 is 0 Å². The van der Waals surface area contributed by atoms with Gasteiger partial charge in [0.05, 0.1) is 5.56 Å². The molecule has 5 aliphatic carbocycles. The first-order valence-corrected chi connectivity index (χ1v) is 14.3. The normalized spacial score (nSPS) is 26.6. The summed E-state index contributed by atoms with van der Waals surface area (Å²) >= 11 is 0. The molecule has 7 nitrogen and oxygen atoms in total. The molecule has 7 heteroatoms. The van der Waals surface area contributed by atoms with Crippen molar-refractivity contribution in [2.24, 2.45) is 11.8 Å². The van der Waals surface area contributed by atoms with Crippen molar-refractivity contribution >= 4 is 22.6 Å². The minimum absolute atomic E-state index is 0.0107. The molecule has 0 radical (unpaired) electrons. The zero-order valence-electron chi connectivity index (χ0n) is 22.4. The third kappa shape index (κ3) is 4.57. The average Bonchev–Trinajstić information content (AvgIpc) is 2.99. The molecule has 1 heterocycles. The third-order valence-corrected chi connectivity index (χ3v) is 9.29. The number of carboxylic acid groups (broad SMARTS) is 1. The molecule has 1 saturated heterocycles. The molecule has 2 N–H and O–H groups in total. The number of benzene rings is 3. The number of allylic oxidation sites excluding steroid dienone is 2. The van der Waals surface area contributed by atoms with Gasteiger partial charge in [-0.1, -0.05) is 35.9 Å². The number of aromatic carboxylic acids is 1. The maximum atomic E-state index is 12.6. The van der Waals surface area contributed by atoms with Crippen LogP contribution in [0.2, 0.25) is 0 Å². The Morgan fingerprint density at radius 2 is 1.75 bits per heavy atom. The van der Waals surface area contributed by atoms with Crippen LogP contribution >= 0.6 is 0 Å². The summed E-state index contributed by atoms with van der Waals surface area (Å²) in [4.78, 5) is 29.4. The first-order chi connectivity index (χ1) is 19.5. The number of carbonyl (C=O) groups is 2. The second-order valence-corrected chi connectivity index (χ2v) is 11.7. The van der Waals surface area contributed by atoms with Gasteiger partial charge in [-0.2, -0.15) is 0 Å². The highest BCUT2D eigenvalue weighted by Gasteiger charge is 2.54. The smallest absolute Gasteiger partial charge is 0.335 e. The van der Waals surface area contributed by atoms with Gasteiger partial charge in [0.25, 0.3) is 5.91 Å². The van der Waals surface area contributed by atoms with E-state index in [2.05, 4.69) is 23.7 Å². The van der Waals surface area contributed by atoms with Crippen molar-refractivity contribution in [2.45, 2.75) is 56.7 Å².